The van der Waals surface area contributed by atoms with Crippen LogP contribution in [0.4, 0.5) is 14.9 Å². The van der Waals surface area contributed by atoms with Crippen LogP contribution >= 0.6 is 11.6 Å². The van der Waals surface area contributed by atoms with Crippen molar-refractivity contribution in [2.24, 2.45) is 0 Å². The quantitative estimate of drug-likeness (QED) is 0.451. The fourth-order valence-corrected chi connectivity index (χ4v) is 3.40. The number of anilines is 1. The predicted octanol–water partition coefficient (Wildman–Crippen LogP) is 4.03. The molecule has 0 spiro atoms. The number of amides is 4. The standard InChI is InChI=1S/C23H17ClFN3O4/c24-19-5-1-2-6-20(19)32-13-12-27-11-3-4-17(27)14-18-21(29)26-23(31)28(22(18)30)16-9-7-15(25)8-10-16/h1-11,14H,12-13H2,(H,26,29,31). The van der Waals surface area contributed by atoms with E-state index in [1.807, 2.05) is 6.07 Å². The third-order valence-corrected chi connectivity index (χ3v) is 5.08. The zero-order valence-corrected chi connectivity index (χ0v) is 17.4. The molecule has 3 aromatic rings. The molecule has 2 aromatic carbocycles. The second-order valence-corrected chi connectivity index (χ2v) is 7.25. The summed E-state index contributed by atoms with van der Waals surface area (Å²) in [5, 5.41) is 2.64. The second kappa shape index (κ2) is 9.07. The lowest BCUT2D eigenvalue weighted by molar-refractivity contribution is -0.122. The number of urea groups is 1. The molecule has 7 nitrogen and oxygen atoms in total. The van der Waals surface area contributed by atoms with Crippen LogP contribution in [0.2, 0.25) is 5.02 Å². The number of para-hydroxylation sites is 1. The molecule has 1 saturated heterocycles. The van der Waals surface area contributed by atoms with Crippen LogP contribution in [0.25, 0.3) is 6.08 Å². The maximum absolute atomic E-state index is 13.2. The van der Waals surface area contributed by atoms with Gasteiger partial charge in [-0.3, -0.25) is 14.9 Å². The van der Waals surface area contributed by atoms with Gasteiger partial charge < -0.3 is 9.30 Å². The van der Waals surface area contributed by atoms with Gasteiger partial charge in [0, 0.05) is 11.9 Å². The minimum absolute atomic E-state index is 0.149. The number of benzene rings is 2. The van der Waals surface area contributed by atoms with Crippen molar-refractivity contribution >= 4 is 41.2 Å². The first-order valence-electron chi connectivity index (χ1n) is 9.63. The monoisotopic (exact) mass is 453 g/mol. The maximum atomic E-state index is 13.2. The molecule has 162 valence electrons. The number of halogens is 2. The van der Waals surface area contributed by atoms with E-state index in [9.17, 15) is 18.8 Å². The number of aromatic nitrogens is 1. The zero-order chi connectivity index (χ0) is 22.7. The summed E-state index contributed by atoms with van der Waals surface area (Å²) in [4.78, 5) is 38.3. The topological polar surface area (TPSA) is 80.6 Å². The Morgan fingerprint density at radius 3 is 2.50 bits per heavy atom. The van der Waals surface area contributed by atoms with Crippen LogP contribution < -0.4 is 15.0 Å². The number of imide groups is 2. The van der Waals surface area contributed by atoms with E-state index in [1.54, 1.807) is 41.1 Å². The van der Waals surface area contributed by atoms with Gasteiger partial charge in [-0.15, -0.1) is 0 Å². The molecule has 4 amide bonds. The molecular formula is C23H17ClFN3O4. The number of nitrogens with zero attached hydrogens (tertiary/aromatic N) is 2. The summed E-state index contributed by atoms with van der Waals surface area (Å²) < 4.78 is 20.7. The summed E-state index contributed by atoms with van der Waals surface area (Å²) >= 11 is 6.09. The highest BCUT2D eigenvalue weighted by Crippen LogP contribution is 2.24. The SMILES string of the molecule is O=C1NC(=O)N(c2ccc(F)cc2)C(=O)C1=Cc1cccn1CCOc1ccccc1Cl. The van der Waals surface area contributed by atoms with E-state index >= 15 is 0 Å². The molecule has 1 aliphatic rings. The van der Waals surface area contributed by atoms with Crippen molar-refractivity contribution in [3.8, 4) is 5.75 Å². The van der Waals surface area contributed by atoms with E-state index in [0.717, 1.165) is 17.0 Å². The van der Waals surface area contributed by atoms with Crippen molar-refractivity contribution in [3.05, 3.63) is 89.0 Å². The van der Waals surface area contributed by atoms with Crippen molar-refractivity contribution in [2.45, 2.75) is 6.54 Å². The van der Waals surface area contributed by atoms with Gasteiger partial charge in [0.15, 0.2) is 0 Å². The summed E-state index contributed by atoms with van der Waals surface area (Å²) in [6, 6.07) is 14.5. The number of rotatable bonds is 6. The maximum Gasteiger partial charge on any atom is 0.335 e. The summed E-state index contributed by atoms with van der Waals surface area (Å²) in [7, 11) is 0. The van der Waals surface area contributed by atoms with Gasteiger partial charge in [-0.05, 0) is 54.6 Å². The van der Waals surface area contributed by atoms with Crippen LogP contribution in [-0.2, 0) is 16.1 Å². The Bertz CT molecular complexity index is 1220. The zero-order valence-electron chi connectivity index (χ0n) is 16.6. The molecule has 1 aliphatic heterocycles. The minimum Gasteiger partial charge on any atom is -0.490 e. The molecule has 9 heteroatoms. The van der Waals surface area contributed by atoms with E-state index in [-0.39, 0.29) is 11.3 Å². The van der Waals surface area contributed by atoms with E-state index in [4.69, 9.17) is 16.3 Å². The van der Waals surface area contributed by atoms with Crippen LogP contribution in [0.5, 0.6) is 5.75 Å². The third-order valence-electron chi connectivity index (χ3n) is 4.77. The Labute approximate surface area is 187 Å². The normalized spacial score (nSPS) is 15.2. The molecule has 0 atom stereocenters. The van der Waals surface area contributed by atoms with Gasteiger partial charge in [-0.25, -0.2) is 14.1 Å². The van der Waals surface area contributed by atoms with Crippen LogP contribution in [0.1, 0.15) is 5.69 Å². The largest absolute Gasteiger partial charge is 0.490 e. The molecule has 32 heavy (non-hydrogen) atoms. The van der Waals surface area contributed by atoms with Gasteiger partial charge in [0.1, 0.15) is 23.7 Å². The highest BCUT2D eigenvalue weighted by atomic mass is 35.5. The second-order valence-electron chi connectivity index (χ2n) is 6.84. The molecule has 0 radical (unpaired) electrons. The van der Waals surface area contributed by atoms with E-state index < -0.39 is 23.7 Å². The van der Waals surface area contributed by atoms with Crippen molar-refractivity contribution in [3.63, 3.8) is 0 Å². The molecule has 0 bridgehead atoms. The first-order chi connectivity index (χ1) is 15.4. The Balaban J connectivity index is 1.54. The molecule has 0 unspecified atom stereocenters. The van der Waals surface area contributed by atoms with Crippen LogP contribution in [-0.4, -0.2) is 29.0 Å². The number of nitrogens with one attached hydrogen (secondary N) is 1. The van der Waals surface area contributed by atoms with Crippen molar-refractivity contribution < 1.29 is 23.5 Å². The summed E-state index contributed by atoms with van der Waals surface area (Å²) in [5.74, 6) is -1.57. The molecule has 0 aliphatic carbocycles. The lowest BCUT2D eigenvalue weighted by atomic mass is 10.1. The third kappa shape index (κ3) is 4.40. The van der Waals surface area contributed by atoms with Crippen molar-refractivity contribution in [1.82, 2.24) is 9.88 Å². The highest BCUT2D eigenvalue weighted by Gasteiger charge is 2.37. The highest BCUT2D eigenvalue weighted by molar-refractivity contribution is 6.39. The molecule has 4 rings (SSSR count). The summed E-state index contributed by atoms with van der Waals surface area (Å²) in [5.41, 5.74) is 0.497. The van der Waals surface area contributed by atoms with Gasteiger partial charge in [0.25, 0.3) is 11.8 Å². The minimum atomic E-state index is -0.896. The number of barbiturate groups is 1. The van der Waals surface area contributed by atoms with E-state index in [0.29, 0.717) is 29.6 Å². The fraction of sp³-hybridized carbons (Fsp3) is 0.0870. The molecule has 1 fully saturated rings. The molecule has 2 heterocycles. The van der Waals surface area contributed by atoms with Gasteiger partial charge in [-0.2, -0.15) is 0 Å². The van der Waals surface area contributed by atoms with Crippen LogP contribution in [0.15, 0.2) is 72.4 Å². The van der Waals surface area contributed by atoms with Crippen molar-refractivity contribution in [2.75, 3.05) is 11.5 Å². The van der Waals surface area contributed by atoms with Gasteiger partial charge in [0.2, 0.25) is 0 Å². The molecular weight excluding hydrogens is 437 g/mol. The fourth-order valence-electron chi connectivity index (χ4n) is 3.21. The smallest absolute Gasteiger partial charge is 0.335 e. The van der Waals surface area contributed by atoms with E-state index in [1.165, 1.54) is 18.2 Å². The first kappa shape index (κ1) is 21.3. The van der Waals surface area contributed by atoms with Crippen LogP contribution in [0.3, 0.4) is 0 Å². The number of carbonyl (C=O) groups excluding carboxylic acids is 3. The molecule has 1 N–H and O–H groups in total. The number of carbonyl (C=O) groups is 3. The Morgan fingerprint density at radius 2 is 1.75 bits per heavy atom. The average Bonchev–Trinajstić information content (AvgIpc) is 3.21. The number of hydrogen-bond donors (Lipinski definition) is 1. The molecule has 0 saturated carbocycles. The van der Waals surface area contributed by atoms with Gasteiger partial charge >= 0.3 is 6.03 Å². The van der Waals surface area contributed by atoms with Gasteiger partial charge in [-0.1, -0.05) is 23.7 Å². The van der Waals surface area contributed by atoms with Gasteiger partial charge in [0.05, 0.1) is 17.3 Å². The summed E-state index contributed by atoms with van der Waals surface area (Å²) in [6.07, 6.45) is 3.17. The first-order valence-corrected chi connectivity index (χ1v) is 10.0. The van der Waals surface area contributed by atoms with Crippen LogP contribution in [0, 0.1) is 5.82 Å². The Kier molecular flexibility index (Phi) is 6.04. The number of hydrogen-bond acceptors (Lipinski definition) is 4. The average molecular weight is 454 g/mol. The number of ether oxygens (including phenoxy) is 1. The van der Waals surface area contributed by atoms with Crippen molar-refractivity contribution in [1.29, 1.82) is 0 Å². The molecule has 1 aromatic heterocycles. The Hall–Kier alpha value is -3.91. The Morgan fingerprint density at radius 1 is 1.00 bits per heavy atom. The lowest BCUT2D eigenvalue weighted by Gasteiger charge is -2.26. The predicted molar refractivity (Wildman–Crippen MR) is 117 cm³/mol. The lowest BCUT2D eigenvalue weighted by Crippen LogP contribution is -2.54. The summed E-state index contributed by atoms with van der Waals surface area (Å²) in [6.45, 7) is 0.725. The van der Waals surface area contributed by atoms with E-state index in [2.05, 4.69) is 5.32 Å².